The molecule has 0 aliphatic heterocycles. The number of allylic oxidation sites excluding steroid dienone is 1. The topological polar surface area (TPSA) is 65.0 Å². The van der Waals surface area contributed by atoms with E-state index in [0.717, 1.165) is 40.2 Å². The van der Waals surface area contributed by atoms with E-state index in [2.05, 4.69) is 31.2 Å². The van der Waals surface area contributed by atoms with Crippen LogP contribution in [0.1, 0.15) is 79.4 Å². The summed E-state index contributed by atoms with van der Waals surface area (Å²) in [6, 6.07) is 13.6. The molecule has 0 saturated heterocycles. The lowest BCUT2D eigenvalue weighted by Gasteiger charge is -2.57. The summed E-state index contributed by atoms with van der Waals surface area (Å²) in [5.74, 6) is 2.47. The normalized spacial score (nSPS) is 28.2. The van der Waals surface area contributed by atoms with Gasteiger partial charge < -0.3 is 19.3 Å². The van der Waals surface area contributed by atoms with E-state index in [4.69, 9.17) is 19.3 Å². The molecule has 5 nitrogen and oxygen atoms in total. The average molecular weight is 477 g/mol. The zero-order chi connectivity index (χ0) is 24.6. The van der Waals surface area contributed by atoms with Crippen LogP contribution in [0.3, 0.4) is 0 Å². The SMILES string of the molecule is CCOC(OC)Oc1cc(/C(C)=C/c2ccc(C(=O)O)cc2)ccc1C12CC3CC(CC(C3)C1)C2. The first-order valence-electron chi connectivity index (χ1n) is 12.9. The Morgan fingerprint density at radius 3 is 2.17 bits per heavy atom. The predicted octanol–water partition coefficient (Wildman–Crippen LogP) is 6.76. The molecule has 0 aromatic heterocycles. The Kier molecular flexibility index (Phi) is 6.73. The number of rotatable bonds is 9. The van der Waals surface area contributed by atoms with Gasteiger partial charge in [-0.05, 0) is 110 Å². The number of carbonyl (C=O) groups is 1. The van der Waals surface area contributed by atoms with Crippen molar-refractivity contribution in [3.05, 3.63) is 64.7 Å². The second-order valence-corrected chi connectivity index (χ2v) is 10.8. The molecule has 1 atom stereocenters. The summed E-state index contributed by atoms with van der Waals surface area (Å²) in [5.41, 5.74) is 4.90. The summed E-state index contributed by atoms with van der Waals surface area (Å²) in [6.45, 7) is 3.78. The standard InChI is InChI=1S/C30H36O5/c1-4-34-29(33-3)35-27-15-25(19(2)11-20-5-7-24(8-6-20)28(31)32)9-10-26(27)30-16-21-12-22(17-30)14-23(13-21)18-30/h5-11,15,21-23,29H,4,12-14,16-18H2,1-3H3,(H,31,32)/b19-11+. The molecule has 0 radical (unpaired) electrons. The van der Waals surface area contributed by atoms with Crippen molar-refractivity contribution in [1.29, 1.82) is 0 Å². The van der Waals surface area contributed by atoms with E-state index < -0.39 is 12.4 Å². The van der Waals surface area contributed by atoms with Gasteiger partial charge in [-0.2, -0.15) is 0 Å². The lowest BCUT2D eigenvalue weighted by Crippen LogP contribution is -2.48. The molecule has 0 heterocycles. The van der Waals surface area contributed by atoms with Crippen molar-refractivity contribution in [1.82, 2.24) is 0 Å². The highest BCUT2D eigenvalue weighted by atomic mass is 16.8. The fourth-order valence-corrected chi connectivity index (χ4v) is 7.19. The summed E-state index contributed by atoms with van der Waals surface area (Å²) in [5, 5.41) is 9.16. The molecule has 1 unspecified atom stereocenters. The molecule has 2 aromatic rings. The van der Waals surface area contributed by atoms with Crippen LogP contribution in [0.4, 0.5) is 0 Å². The van der Waals surface area contributed by atoms with Crippen LogP contribution in [0, 0.1) is 17.8 Å². The van der Waals surface area contributed by atoms with Crippen molar-refractivity contribution >= 4 is 17.6 Å². The highest BCUT2D eigenvalue weighted by molar-refractivity contribution is 5.88. The van der Waals surface area contributed by atoms with Gasteiger partial charge in [-0.1, -0.05) is 30.3 Å². The van der Waals surface area contributed by atoms with Gasteiger partial charge in [-0.15, -0.1) is 0 Å². The molecule has 4 aliphatic rings. The fourth-order valence-electron chi connectivity index (χ4n) is 7.19. The van der Waals surface area contributed by atoms with Gasteiger partial charge in [0.1, 0.15) is 5.75 Å². The van der Waals surface area contributed by atoms with Gasteiger partial charge in [0.05, 0.1) is 12.2 Å². The second kappa shape index (κ2) is 9.79. The first-order valence-corrected chi connectivity index (χ1v) is 12.9. The van der Waals surface area contributed by atoms with E-state index in [0.29, 0.717) is 6.61 Å². The maximum Gasteiger partial charge on any atom is 0.335 e. The average Bonchev–Trinajstić information content (AvgIpc) is 2.83. The van der Waals surface area contributed by atoms with Crippen LogP contribution in [0.2, 0.25) is 0 Å². The quantitative estimate of drug-likeness (QED) is 0.320. The molecular weight excluding hydrogens is 440 g/mol. The molecule has 186 valence electrons. The van der Waals surface area contributed by atoms with E-state index >= 15 is 0 Å². The number of aromatic carboxylic acids is 1. The largest absolute Gasteiger partial charge is 0.478 e. The molecule has 35 heavy (non-hydrogen) atoms. The molecule has 4 bridgehead atoms. The third-order valence-corrected chi connectivity index (χ3v) is 8.31. The van der Waals surface area contributed by atoms with E-state index in [9.17, 15) is 4.79 Å². The van der Waals surface area contributed by atoms with Crippen molar-refractivity contribution in [3.8, 4) is 5.75 Å². The van der Waals surface area contributed by atoms with E-state index in [1.807, 2.05) is 19.1 Å². The van der Waals surface area contributed by atoms with Crippen LogP contribution in [-0.2, 0) is 14.9 Å². The number of carboxylic acid groups (broad SMARTS) is 1. The number of benzene rings is 2. The Morgan fingerprint density at radius 2 is 1.63 bits per heavy atom. The minimum absolute atomic E-state index is 0.192. The Bertz CT molecular complexity index is 1060. The maximum atomic E-state index is 11.2. The zero-order valence-corrected chi connectivity index (χ0v) is 21.0. The minimum atomic E-state index is -0.915. The number of hydrogen-bond donors (Lipinski definition) is 1. The van der Waals surface area contributed by atoms with Crippen LogP contribution < -0.4 is 4.74 Å². The molecule has 4 fully saturated rings. The van der Waals surface area contributed by atoms with E-state index in [1.165, 1.54) is 44.1 Å². The molecular formula is C30H36O5. The molecule has 2 aromatic carbocycles. The third-order valence-electron chi connectivity index (χ3n) is 8.31. The lowest BCUT2D eigenvalue weighted by atomic mass is 9.48. The Balaban J connectivity index is 1.49. The van der Waals surface area contributed by atoms with Crippen molar-refractivity contribution in [2.75, 3.05) is 13.7 Å². The van der Waals surface area contributed by atoms with E-state index in [1.54, 1.807) is 19.2 Å². The van der Waals surface area contributed by atoms with Gasteiger partial charge in [0, 0.05) is 12.7 Å². The van der Waals surface area contributed by atoms with Crippen LogP contribution in [-0.4, -0.2) is 31.3 Å². The van der Waals surface area contributed by atoms with Gasteiger partial charge >= 0.3 is 12.4 Å². The molecule has 4 saturated carbocycles. The Hall–Kier alpha value is -2.63. The number of hydrogen-bond acceptors (Lipinski definition) is 4. The van der Waals surface area contributed by atoms with Crippen LogP contribution in [0.25, 0.3) is 11.6 Å². The van der Waals surface area contributed by atoms with Crippen molar-refractivity contribution < 1.29 is 24.1 Å². The summed E-state index contributed by atoms with van der Waals surface area (Å²) >= 11 is 0. The monoisotopic (exact) mass is 476 g/mol. The van der Waals surface area contributed by atoms with Gasteiger partial charge in [0.2, 0.25) is 0 Å². The first-order chi connectivity index (χ1) is 16.9. The fraction of sp³-hybridized carbons (Fsp3) is 0.500. The lowest BCUT2D eigenvalue weighted by molar-refractivity contribution is -0.231. The van der Waals surface area contributed by atoms with Gasteiger partial charge in [0.25, 0.3) is 0 Å². The summed E-state index contributed by atoms with van der Waals surface area (Å²) in [4.78, 5) is 11.2. The summed E-state index contributed by atoms with van der Waals surface area (Å²) < 4.78 is 17.5. The van der Waals surface area contributed by atoms with Crippen molar-refractivity contribution in [3.63, 3.8) is 0 Å². The highest BCUT2D eigenvalue weighted by Crippen LogP contribution is 2.62. The zero-order valence-electron chi connectivity index (χ0n) is 21.0. The van der Waals surface area contributed by atoms with Gasteiger partial charge in [0.15, 0.2) is 0 Å². The first kappa shape index (κ1) is 24.1. The maximum absolute atomic E-state index is 11.2. The molecule has 0 amide bonds. The molecule has 4 aliphatic carbocycles. The minimum Gasteiger partial charge on any atom is -0.478 e. The van der Waals surface area contributed by atoms with E-state index in [-0.39, 0.29) is 11.0 Å². The van der Waals surface area contributed by atoms with Gasteiger partial charge in [-0.3, -0.25) is 0 Å². The molecule has 1 N–H and O–H groups in total. The van der Waals surface area contributed by atoms with Crippen LogP contribution in [0.15, 0.2) is 42.5 Å². The molecule has 6 rings (SSSR count). The molecule has 5 heteroatoms. The Labute approximate surface area is 208 Å². The predicted molar refractivity (Wildman–Crippen MR) is 136 cm³/mol. The van der Waals surface area contributed by atoms with Crippen molar-refractivity contribution in [2.24, 2.45) is 17.8 Å². The number of ether oxygens (including phenoxy) is 3. The van der Waals surface area contributed by atoms with Crippen molar-refractivity contribution in [2.45, 2.75) is 64.3 Å². The number of carboxylic acids is 1. The van der Waals surface area contributed by atoms with Crippen LogP contribution >= 0.6 is 0 Å². The second-order valence-electron chi connectivity index (χ2n) is 10.8. The Morgan fingerprint density at radius 1 is 1.03 bits per heavy atom. The summed E-state index contributed by atoms with van der Waals surface area (Å²) in [6.07, 6.45) is 10.0. The number of methoxy groups -OCH3 is 1. The highest BCUT2D eigenvalue weighted by Gasteiger charge is 2.52. The van der Waals surface area contributed by atoms with Gasteiger partial charge in [-0.25, -0.2) is 4.79 Å². The van der Waals surface area contributed by atoms with Crippen LogP contribution in [0.5, 0.6) is 5.75 Å². The third kappa shape index (κ3) is 4.89. The molecule has 0 spiro atoms. The smallest absolute Gasteiger partial charge is 0.335 e. The summed E-state index contributed by atoms with van der Waals surface area (Å²) in [7, 11) is 1.61.